The number of hydrogen-bond acceptors (Lipinski definition) is 4. The van der Waals surface area contributed by atoms with Crippen LogP contribution in [0.15, 0.2) is 6.07 Å². The Balaban J connectivity index is 3.05. The van der Waals surface area contributed by atoms with Crippen molar-refractivity contribution in [2.75, 3.05) is 7.11 Å². The van der Waals surface area contributed by atoms with Gasteiger partial charge < -0.3 is 4.74 Å². The lowest BCUT2D eigenvalue weighted by atomic mass is 10.4. The summed E-state index contributed by atoms with van der Waals surface area (Å²) in [6.45, 7) is 0. The highest BCUT2D eigenvalue weighted by molar-refractivity contribution is 6.41. The van der Waals surface area contributed by atoms with Crippen LogP contribution in [0.1, 0.15) is 10.5 Å². The Hall–Kier alpha value is -0.870. The van der Waals surface area contributed by atoms with E-state index in [0.717, 1.165) is 0 Å². The van der Waals surface area contributed by atoms with E-state index in [9.17, 15) is 4.79 Å². The summed E-state index contributed by atoms with van der Waals surface area (Å²) in [5.74, 6) is -0.596. The highest BCUT2D eigenvalue weighted by Gasteiger charge is 2.10. The van der Waals surface area contributed by atoms with E-state index < -0.39 is 5.97 Å². The Morgan fingerprint density at radius 2 is 2.17 bits per heavy atom. The maximum absolute atomic E-state index is 10.9. The normalized spacial score (nSPS) is 9.58. The van der Waals surface area contributed by atoms with Crippen LogP contribution in [-0.2, 0) is 4.74 Å². The molecule has 0 bridgehead atoms. The second kappa shape index (κ2) is 3.69. The first-order valence-electron chi connectivity index (χ1n) is 2.92. The first-order chi connectivity index (χ1) is 5.65. The van der Waals surface area contributed by atoms with Gasteiger partial charge in [-0.15, -0.1) is 10.2 Å². The molecule has 0 aliphatic rings. The predicted molar refractivity (Wildman–Crippen MR) is 43.4 cm³/mol. The van der Waals surface area contributed by atoms with Gasteiger partial charge in [-0.25, -0.2) is 4.79 Å². The topological polar surface area (TPSA) is 52.1 Å². The fourth-order valence-electron chi connectivity index (χ4n) is 0.558. The predicted octanol–water partition coefficient (Wildman–Crippen LogP) is 1.57. The number of aromatic nitrogens is 2. The standard InChI is InChI=1S/C6H4Cl2N2O2/c1-12-6(11)4-2-3(7)5(8)10-9-4/h2H,1H3. The number of methoxy groups -OCH3 is 1. The monoisotopic (exact) mass is 206 g/mol. The minimum absolute atomic E-state index is 0.0342. The molecule has 0 fully saturated rings. The third-order valence-corrected chi connectivity index (χ3v) is 1.76. The molecular formula is C6H4Cl2N2O2. The Labute approximate surface area is 78.5 Å². The summed E-state index contributed by atoms with van der Waals surface area (Å²) < 4.78 is 4.39. The molecule has 1 rings (SSSR count). The molecule has 6 heteroatoms. The summed E-state index contributed by atoms with van der Waals surface area (Å²) in [6, 6.07) is 1.29. The molecule has 0 aromatic carbocycles. The molecule has 0 spiro atoms. The van der Waals surface area contributed by atoms with Gasteiger partial charge in [0.25, 0.3) is 0 Å². The maximum atomic E-state index is 10.9. The molecule has 1 heterocycles. The highest BCUT2D eigenvalue weighted by Crippen LogP contribution is 2.18. The van der Waals surface area contributed by atoms with Crippen LogP contribution in [0.5, 0.6) is 0 Å². The number of halogens is 2. The average Bonchev–Trinajstić information content (AvgIpc) is 2.08. The van der Waals surface area contributed by atoms with Crippen LogP contribution in [0.3, 0.4) is 0 Å². The van der Waals surface area contributed by atoms with Crippen molar-refractivity contribution in [3.8, 4) is 0 Å². The SMILES string of the molecule is COC(=O)c1cc(Cl)c(Cl)nn1. The molecule has 0 saturated heterocycles. The van der Waals surface area contributed by atoms with Gasteiger partial charge in [0.2, 0.25) is 0 Å². The number of esters is 1. The minimum Gasteiger partial charge on any atom is -0.464 e. The molecular weight excluding hydrogens is 203 g/mol. The van der Waals surface area contributed by atoms with E-state index in [4.69, 9.17) is 23.2 Å². The Bertz CT molecular complexity index is 316. The third-order valence-electron chi connectivity index (χ3n) is 1.10. The van der Waals surface area contributed by atoms with Gasteiger partial charge in [0.05, 0.1) is 12.1 Å². The van der Waals surface area contributed by atoms with Crippen LogP contribution in [0, 0.1) is 0 Å². The Morgan fingerprint density at radius 3 is 2.67 bits per heavy atom. The van der Waals surface area contributed by atoms with Gasteiger partial charge in [-0.2, -0.15) is 0 Å². The van der Waals surface area contributed by atoms with Gasteiger partial charge in [-0.3, -0.25) is 0 Å². The van der Waals surface area contributed by atoms with Crippen molar-refractivity contribution < 1.29 is 9.53 Å². The number of carbonyl (C=O) groups excluding carboxylic acids is 1. The molecule has 0 unspecified atom stereocenters. The van der Waals surface area contributed by atoms with Crippen LogP contribution in [-0.4, -0.2) is 23.3 Å². The summed E-state index contributed by atoms with van der Waals surface area (Å²) in [4.78, 5) is 10.9. The van der Waals surface area contributed by atoms with E-state index in [1.54, 1.807) is 0 Å². The Kier molecular flexibility index (Phi) is 2.83. The van der Waals surface area contributed by atoms with Crippen LogP contribution in [0.4, 0.5) is 0 Å². The summed E-state index contributed by atoms with van der Waals surface area (Å²) >= 11 is 11.0. The number of rotatable bonds is 1. The fraction of sp³-hybridized carbons (Fsp3) is 0.167. The van der Waals surface area contributed by atoms with E-state index in [2.05, 4.69) is 14.9 Å². The zero-order chi connectivity index (χ0) is 9.14. The van der Waals surface area contributed by atoms with Crippen molar-refractivity contribution in [2.24, 2.45) is 0 Å². The summed E-state index contributed by atoms with van der Waals surface area (Å²) in [5, 5.41) is 7.13. The van der Waals surface area contributed by atoms with Crippen molar-refractivity contribution >= 4 is 29.2 Å². The number of nitrogens with zero attached hydrogens (tertiary/aromatic N) is 2. The molecule has 64 valence electrons. The van der Waals surface area contributed by atoms with Crippen molar-refractivity contribution in [3.63, 3.8) is 0 Å². The van der Waals surface area contributed by atoms with Crippen molar-refractivity contribution in [1.82, 2.24) is 10.2 Å². The molecule has 0 N–H and O–H groups in total. The van der Waals surface area contributed by atoms with Crippen molar-refractivity contribution in [1.29, 1.82) is 0 Å². The second-order valence-electron chi connectivity index (χ2n) is 1.86. The largest absolute Gasteiger partial charge is 0.464 e. The molecule has 0 aliphatic heterocycles. The molecule has 1 aromatic rings. The maximum Gasteiger partial charge on any atom is 0.358 e. The minimum atomic E-state index is -0.596. The fourth-order valence-corrected chi connectivity index (χ4v) is 0.792. The molecule has 0 saturated carbocycles. The van der Waals surface area contributed by atoms with E-state index in [1.807, 2.05) is 0 Å². The van der Waals surface area contributed by atoms with E-state index in [-0.39, 0.29) is 15.9 Å². The number of ether oxygens (including phenoxy) is 1. The van der Waals surface area contributed by atoms with Gasteiger partial charge >= 0.3 is 5.97 Å². The molecule has 12 heavy (non-hydrogen) atoms. The summed E-state index contributed by atoms with van der Waals surface area (Å²) in [7, 11) is 1.24. The van der Waals surface area contributed by atoms with Gasteiger partial charge in [0, 0.05) is 0 Å². The lowest BCUT2D eigenvalue weighted by molar-refractivity contribution is 0.0592. The van der Waals surface area contributed by atoms with E-state index in [0.29, 0.717) is 0 Å². The molecule has 0 radical (unpaired) electrons. The zero-order valence-electron chi connectivity index (χ0n) is 6.04. The van der Waals surface area contributed by atoms with Gasteiger partial charge in [0.1, 0.15) is 0 Å². The highest BCUT2D eigenvalue weighted by atomic mass is 35.5. The average molecular weight is 207 g/mol. The van der Waals surface area contributed by atoms with Gasteiger partial charge in [-0.05, 0) is 6.07 Å². The smallest absolute Gasteiger partial charge is 0.358 e. The zero-order valence-corrected chi connectivity index (χ0v) is 7.56. The van der Waals surface area contributed by atoms with Crippen LogP contribution in [0.2, 0.25) is 10.2 Å². The number of hydrogen-bond donors (Lipinski definition) is 0. The summed E-state index contributed by atoms with van der Waals surface area (Å²) in [5.41, 5.74) is 0.0342. The quantitative estimate of drug-likeness (QED) is 0.655. The van der Waals surface area contributed by atoms with Crippen molar-refractivity contribution in [2.45, 2.75) is 0 Å². The van der Waals surface area contributed by atoms with Gasteiger partial charge in [-0.1, -0.05) is 23.2 Å². The van der Waals surface area contributed by atoms with Crippen LogP contribution < -0.4 is 0 Å². The second-order valence-corrected chi connectivity index (χ2v) is 2.63. The molecule has 4 nitrogen and oxygen atoms in total. The lowest BCUT2D eigenvalue weighted by Crippen LogP contribution is -2.05. The lowest BCUT2D eigenvalue weighted by Gasteiger charge is -1.97. The Morgan fingerprint density at radius 1 is 1.50 bits per heavy atom. The van der Waals surface area contributed by atoms with E-state index in [1.165, 1.54) is 13.2 Å². The molecule has 0 aliphatic carbocycles. The number of carbonyl (C=O) groups is 1. The molecule has 1 aromatic heterocycles. The van der Waals surface area contributed by atoms with E-state index >= 15 is 0 Å². The summed E-state index contributed by atoms with van der Waals surface area (Å²) in [6.07, 6.45) is 0. The van der Waals surface area contributed by atoms with Gasteiger partial charge in [0.15, 0.2) is 10.8 Å². The third kappa shape index (κ3) is 1.84. The van der Waals surface area contributed by atoms with Crippen LogP contribution >= 0.6 is 23.2 Å². The molecule has 0 amide bonds. The van der Waals surface area contributed by atoms with Crippen LogP contribution in [0.25, 0.3) is 0 Å². The molecule has 0 atom stereocenters. The van der Waals surface area contributed by atoms with Crippen molar-refractivity contribution in [3.05, 3.63) is 21.9 Å². The first-order valence-corrected chi connectivity index (χ1v) is 3.67. The first kappa shape index (κ1) is 9.22.